The van der Waals surface area contributed by atoms with Crippen LogP contribution in [-0.4, -0.2) is 21.9 Å². The Labute approximate surface area is 115 Å². The maximum Gasteiger partial charge on any atom is 0.416 e. The Hall–Kier alpha value is -1.95. The lowest BCUT2D eigenvalue weighted by Gasteiger charge is -2.16. The maximum absolute atomic E-state index is 12.4. The summed E-state index contributed by atoms with van der Waals surface area (Å²) in [5, 5.41) is 0. The van der Waals surface area contributed by atoms with Crippen LogP contribution in [0, 0.1) is 0 Å². The van der Waals surface area contributed by atoms with Gasteiger partial charge >= 0.3 is 6.18 Å². The van der Waals surface area contributed by atoms with E-state index in [9.17, 15) is 13.2 Å². The van der Waals surface area contributed by atoms with Crippen molar-refractivity contribution < 1.29 is 13.2 Å². The molecule has 0 atom stereocenters. The first-order valence-electron chi connectivity index (χ1n) is 6.05. The third-order valence-electron chi connectivity index (χ3n) is 2.78. The molecule has 3 nitrogen and oxygen atoms in total. The molecule has 1 heterocycles. The highest BCUT2D eigenvalue weighted by Crippen LogP contribution is 2.29. The molecule has 0 spiro atoms. The summed E-state index contributed by atoms with van der Waals surface area (Å²) in [4.78, 5) is 10.1. The third kappa shape index (κ3) is 4.03. The number of rotatable bonds is 4. The molecule has 1 aromatic carbocycles. The summed E-state index contributed by atoms with van der Waals surface area (Å²) in [5.41, 5.74) is 1.02. The lowest BCUT2D eigenvalue weighted by Crippen LogP contribution is -2.18. The smallest absolute Gasteiger partial charge is 0.296 e. The molecule has 2 rings (SSSR count). The Morgan fingerprint density at radius 2 is 1.75 bits per heavy atom. The Morgan fingerprint density at radius 3 is 2.30 bits per heavy atom. The van der Waals surface area contributed by atoms with Crippen molar-refractivity contribution in [3.05, 3.63) is 59.7 Å². The van der Waals surface area contributed by atoms with Crippen molar-refractivity contribution in [2.75, 3.05) is 7.05 Å². The van der Waals surface area contributed by atoms with Gasteiger partial charge in [-0.1, -0.05) is 12.1 Å². The molecule has 0 fully saturated rings. The first-order chi connectivity index (χ1) is 9.45. The van der Waals surface area contributed by atoms with Crippen molar-refractivity contribution in [3.8, 4) is 0 Å². The molecule has 0 aliphatic rings. The van der Waals surface area contributed by atoms with Gasteiger partial charge < -0.3 is 0 Å². The molecular weight excluding hydrogens is 267 g/mol. The van der Waals surface area contributed by atoms with Crippen LogP contribution >= 0.6 is 0 Å². The van der Waals surface area contributed by atoms with Gasteiger partial charge in [-0.05, 0) is 24.7 Å². The number of alkyl halides is 3. The summed E-state index contributed by atoms with van der Waals surface area (Å²) in [7, 11) is 1.88. The Bertz CT molecular complexity index is 538. The first kappa shape index (κ1) is 14.5. The highest BCUT2D eigenvalue weighted by Gasteiger charge is 2.29. The van der Waals surface area contributed by atoms with E-state index in [4.69, 9.17) is 0 Å². The Balaban J connectivity index is 1.96. The standard InChI is InChI=1S/C14H14F3N3/c1-20(10-13-8-18-6-7-19-13)9-11-2-4-12(5-3-11)14(15,16)17/h2-8H,9-10H2,1H3. The first-order valence-corrected chi connectivity index (χ1v) is 6.05. The topological polar surface area (TPSA) is 29.0 Å². The van der Waals surface area contributed by atoms with Gasteiger partial charge in [0.05, 0.1) is 11.3 Å². The Morgan fingerprint density at radius 1 is 1.05 bits per heavy atom. The van der Waals surface area contributed by atoms with Crippen molar-refractivity contribution in [2.45, 2.75) is 19.3 Å². The van der Waals surface area contributed by atoms with Crippen LogP contribution < -0.4 is 0 Å². The number of nitrogens with zero attached hydrogens (tertiary/aromatic N) is 3. The van der Waals surface area contributed by atoms with Crippen LogP contribution in [-0.2, 0) is 19.3 Å². The molecule has 20 heavy (non-hydrogen) atoms. The number of hydrogen-bond donors (Lipinski definition) is 0. The molecule has 106 valence electrons. The lowest BCUT2D eigenvalue weighted by molar-refractivity contribution is -0.137. The van der Waals surface area contributed by atoms with Crippen molar-refractivity contribution in [2.24, 2.45) is 0 Å². The average Bonchev–Trinajstić information content (AvgIpc) is 2.39. The van der Waals surface area contributed by atoms with Crippen LogP contribution in [0.15, 0.2) is 42.9 Å². The van der Waals surface area contributed by atoms with E-state index < -0.39 is 11.7 Å². The van der Waals surface area contributed by atoms with Crippen LogP contribution in [0.1, 0.15) is 16.8 Å². The molecular formula is C14H14F3N3. The zero-order valence-electron chi connectivity index (χ0n) is 10.9. The Kier molecular flexibility index (Phi) is 4.34. The van der Waals surface area contributed by atoms with Crippen molar-refractivity contribution in [3.63, 3.8) is 0 Å². The van der Waals surface area contributed by atoms with Gasteiger partial charge in [0.25, 0.3) is 0 Å². The van der Waals surface area contributed by atoms with Crippen molar-refractivity contribution in [1.29, 1.82) is 0 Å². The van der Waals surface area contributed by atoms with Gasteiger partial charge in [-0.25, -0.2) is 0 Å². The van der Waals surface area contributed by atoms with E-state index in [1.54, 1.807) is 18.6 Å². The van der Waals surface area contributed by atoms with Crippen LogP contribution in [0.5, 0.6) is 0 Å². The molecule has 0 radical (unpaired) electrons. The molecule has 2 aromatic rings. The molecule has 0 N–H and O–H groups in total. The van der Waals surface area contributed by atoms with Crippen molar-refractivity contribution >= 4 is 0 Å². The average molecular weight is 281 g/mol. The molecule has 0 aliphatic carbocycles. The number of halogens is 3. The summed E-state index contributed by atoms with van der Waals surface area (Å²) in [6, 6.07) is 5.20. The third-order valence-corrected chi connectivity index (χ3v) is 2.78. The number of benzene rings is 1. The predicted molar refractivity (Wildman–Crippen MR) is 68.6 cm³/mol. The normalized spacial score (nSPS) is 11.8. The number of hydrogen-bond acceptors (Lipinski definition) is 3. The van der Waals surface area contributed by atoms with E-state index >= 15 is 0 Å². The van der Waals surface area contributed by atoms with Crippen LogP contribution in [0.4, 0.5) is 13.2 Å². The SMILES string of the molecule is CN(Cc1ccc(C(F)(F)F)cc1)Cc1cnccn1. The van der Waals surface area contributed by atoms with E-state index in [0.717, 1.165) is 23.4 Å². The lowest BCUT2D eigenvalue weighted by atomic mass is 10.1. The second-order valence-corrected chi connectivity index (χ2v) is 4.56. The van der Waals surface area contributed by atoms with Gasteiger partial charge in [0.15, 0.2) is 0 Å². The predicted octanol–water partition coefficient (Wildman–Crippen LogP) is 3.13. The summed E-state index contributed by atoms with van der Waals surface area (Å²) in [6.07, 6.45) is 0.591. The fourth-order valence-corrected chi connectivity index (χ4v) is 1.85. The molecule has 0 unspecified atom stereocenters. The van der Waals surface area contributed by atoms with E-state index in [2.05, 4.69) is 9.97 Å². The van der Waals surface area contributed by atoms with Gasteiger partial charge in [-0.3, -0.25) is 14.9 Å². The van der Waals surface area contributed by atoms with Gasteiger partial charge in [-0.15, -0.1) is 0 Å². The molecule has 0 amide bonds. The van der Waals surface area contributed by atoms with Gasteiger partial charge in [0.1, 0.15) is 0 Å². The van der Waals surface area contributed by atoms with Gasteiger partial charge in [0, 0.05) is 31.7 Å². The van der Waals surface area contributed by atoms with Gasteiger partial charge in [0.2, 0.25) is 0 Å². The summed E-state index contributed by atoms with van der Waals surface area (Å²) >= 11 is 0. The zero-order chi connectivity index (χ0) is 14.6. The zero-order valence-corrected chi connectivity index (χ0v) is 10.9. The van der Waals surface area contributed by atoms with Crippen molar-refractivity contribution in [1.82, 2.24) is 14.9 Å². The monoisotopic (exact) mass is 281 g/mol. The van der Waals surface area contributed by atoms with Gasteiger partial charge in [-0.2, -0.15) is 13.2 Å². The minimum Gasteiger partial charge on any atom is -0.296 e. The highest BCUT2D eigenvalue weighted by atomic mass is 19.4. The second-order valence-electron chi connectivity index (χ2n) is 4.56. The summed E-state index contributed by atoms with van der Waals surface area (Å²) in [6.45, 7) is 1.14. The summed E-state index contributed by atoms with van der Waals surface area (Å²) in [5.74, 6) is 0. The molecule has 0 saturated heterocycles. The molecule has 0 saturated carbocycles. The summed E-state index contributed by atoms with van der Waals surface area (Å²) < 4.78 is 37.3. The molecule has 0 aliphatic heterocycles. The van der Waals surface area contributed by atoms with Crippen LogP contribution in [0.2, 0.25) is 0 Å². The van der Waals surface area contributed by atoms with Crippen LogP contribution in [0.25, 0.3) is 0 Å². The van der Waals surface area contributed by atoms with E-state index in [-0.39, 0.29) is 0 Å². The quantitative estimate of drug-likeness (QED) is 0.862. The maximum atomic E-state index is 12.4. The minimum absolute atomic E-state index is 0.550. The highest BCUT2D eigenvalue weighted by molar-refractivity contribution is 5.24. The fraction of sp³-hybridized carbons (Fsp3) is 0.286. The molecule has 1 aromatic heterocycles. The molecule has 6 heteroatoms. The van der Waals surface area contributed by atoms with E-state index in [0.29, 0.717) is 13.1 Å². The van der Waals surface area contributed by atoms with E-state index in [1.807, 2.05) is 11.9 Å². The second kappa shape index (κ2) is 6.00. The minimum atomic E-state index is -4.29. The van der Waals surface area contributed by atoms with E-state index in [1.165, 1.54) is 12.1 Å². The van der Waals surface area contributed by atoms with Crippen LogP contribution in [0.3, 0.4) is 0 Å². The fourth-order valence-electron chi connectivity index (χ4n) is 1.85. The molecule has 0 bridgehead atoms. The number of aromatic nitrogens is 2. The largest absolute Gasteiger partial charge is 0.416 e.